The minimum absolute atomic E-state index is 0.308. The number of rotatable bonds is 15. The fourth-order valence-corrected chi connectivity index (χ4v) is 18.7. The SMILES string of the molecule is c1ccc(-c2cc(-c3ccccc3)cc(-c3cc(-c4ccccc4)c(N4c5ccc(-c6ccccc6)cc5B5c6cc(-c7ccccc7)ccc6N(c6cc(-c7ccccc7)c(-c7cc(-c8ccccc8)cc(-c8ccccc8)c7)c(-c7ccccc7)c6)c6cc(-n7c8ccccc8c8ccccc87)cc4c65)c(-c4ccccc4)c3)c2)cc1. The van der Waals surface area contributed by atoms with Gasteiger partial charge in [0.25, 0.3) is 6.71 Å². The van der Waals surface area contributed by atoms with Crippen LogP contribution in [0.5, 0.6) is 0 Å². The summed E-state index contributed by atoms with van der Waals surface area (Å²) < 4.78 is 2.54. The van der Waals surface area contributed by atoms with Gasteiger partial charge in [-0.2, -0.15) is 0 Å². The van der Waals surface area contributed by atoms with Crippen LogP contribution in [0, 0.1) is 0 Å². The van der Waals surface area contributed by atoms with Crippen molar-refractivity contribution in [2.75, 3.05) is 9.80 Å². The van der Waals surface area contributed by atoms with Gasteiger partial charge in [0.05, 0.1) is 22.4 Å². The molecule has 0 bridgehead atoms. The van der Waals surface area contributed by atoms with Gasteiger partial charge in [-0.3, -0.25) is 0 Å². The highest BCUT2D eigenvalue weighted by atomic mass is 15.2. The first kappa shape index (κ1) is 69.4. The quantitative estimate of drug-likeness (QED) is 0.0948. The van der Waals surface area contributed by atoms with Crippen molar-refractivity contribution in [1.29, 1.82) is 0 Å². The number of fused-ring (bicyclic) bond motifs is 7. The molecule has 118 heavy (non-hydrogen) atoms. The third-order valence-corrected chi connectivity index (χ3v) is 24.1. The lowest BCUT2D eigenvalue weighted by Crippen LogP contribution is -2.61. The second kappa shape index (κ2) is 29.6. The molecule has 22 rings (SSSR count). The molecule has 4 heteroatoms. The van der Waals surface area contributed by atoms with E-state index in [2.05, 4.69) is 475 Å². The zero-order chi connectivity index (χ0) is 78.0. The van der Waals surface area contributed by atoms with Crippen LogP contribution in [-0.2, 0) is 0 Å². The van der Waals surface area contributed by atoms with Crippen molar-refractivity contribution >= 4 is 79.0 Å². The number of hydrogen-bond donors (Lipinski definition) is 0. The standard InChI is InChI=1S/C114H76BN3/c1-11-35-77(36-12-1)87-59-61-108-104(71-87)115-105-72-88(78-37-13-2-14-38-78)60-62-109(105)118(114-102(85-51-27-9-28-52-85)69-94(70-103(114)86-53-29-10-30-54-86)93-65-89(79-39-15-3-16-40-79)63-90(66-93)80-41-17-4-18-42-80)111-76-97(116-106-57-33-31-55-98(106)99-56-32-34-58-107(99)116)75-110(113(111)115)117(108)96-73-100(83-47-23-7-24-48-83)112(101(74-96)84-49-25-8-26-50-84)95-67-91(81-43-19-5-20-44-81)64-92(68-95)82-45-21-6-22-46-82/h1-76H. The fraction of sp³-hybridized carbons (Fsp3) is 0. The van der Waals surface area contributed by atoms with Gasteiger partial charge in [0.1, 0.15) is 0 Å². The van der Waals surface area contributed by atoms with Crippen molar-refractivity contribution in [1.82, 2.24) is 4.57 Å². The van der Waals surface area contributed by atoms with Gasteiger partial charge in [0.2, 0.25) is 0 Å². The first-order valence-electron chi connectivity index (χ1n) is 40.8. The first-order chi connectivity index (χ1) is 58.5. The Hall–Kier alpha value is -15.4. The van der Waals surface area contributed by atoms with Gasteiger partial charge in [-0.1, -0.05) is 364 Å². The molecule has 0 aliphatic carbocycles. The highest BCUT2D eigenvalue weighted by Crippen LogP contribution is 2.55. The van der Waals surface area contributed by atoms with Crippen molar-refractivity contribution in [2.24, 2.45) is 0 Å². The van der Waals surface area contributed by atoms with Crippen LogP contribution in [0.4, 0.5) is 34.1 Å². The molecule has 19 aromatic carbocycles. The molecule has 0 radical (unpaired) electrons. The lowest BCUT2D eigenvalue weighted by Gasteiger charge is -2.45. The van der Waals surface area contributed by atoms with Crippen molar-refractivity contribution < 1.29 is 0 Å². The Bertz CT molecular complexity index is 6890. The second-order valence-corrected chi connectivity index (χ2v) is 31.0. The topological polar surface area (TPSA) is 11.4 Å². The summed E-state index contributed by atoms with van der Waals surface area (Å²) in [6.07, 6.45) is 0. The number of anilines is 6. The number of hydrogen-bond acceptors (Lipinski definition) is 2. The number of nitrogens with zero attached hydrogens (tertiary/aromatic N) is 3. The zero-order valence-electron chi connectivity index (χ0n) is 64.8. The summed E-state index contributed by atoms with van der Waals surface area (Å²) in [4.78, 5) is 5.35. The molecule has 0 atom stereocenters. The van der Waals surface area contributed by atoms with E-state index in [9.17, 15) is 0 Å². The molecule has 0 unspecified atom stereocenters. The summed E-state index contributed by atoms with van der Waals surface area (Å²) in [7, 11) is 0. The van der Waals surface area contributed by atoms with Crippen molar-refractivity contribution in [3.63, 3.8) is 0 Å². The molecule has 20 aromatic rings. The molecule has 0 fully saturated rings. The van der Waals surface area contributed by atoms with Crippen LogP contribution in [-0.4, -0.2) is 11.3 Å². The maximum atomic E-state index is 2.70. The lowest BCUT2D eigenvalue weighted by atomic mass is 9.33. The Morgan fingerprint density at radius 1 is 0.169 bits per heavy atom. The van der Waals surface area contributed by atoms with Crippen LogP contribution in [0.1, 0.15) is 0 Å². The summed E-state index contributed by atoms with van der Waals surface area (Å²) in [5.74, 6) is 0. The highest BCUT2D eigenvalue weighted by molar-refractivity contribution is 7.00. The summed E-state index contributed by atoms with van der Waals surface area (Å²) in [5.41, 5.74) is 40.5. The molecule has 3 heterocycles. The monoisotopic (exact) mass is 1500 g/mol. The number of aromatic nitrogens is 1. The molecule has 0 saturated heterocycles. The molecule has 0 saturated carbocycles. The lowest BCUT2D eigenvalue weighted by molar-refractivity contribution is 1.16. The van der Waals surface area contributed by atoms with E-state index >= 15 is 0 Å². The molecule has 1 aromatic heterocycles. The normalized spacial score (nSPS) is 12.0. The second-order valence-electron chi connectivity index (χ2n) is 31.0. The molecule has 0 N–H and O–H groups in total. The van der Waals surface area contributed by atoms with Crippen LogP contribution < -0.4 is 26.2 Å². The summed E-state index contributed by atoms with van der Waals surface area (Å²) in [6.45, 7) is -0.308. The van der Waals surface area contributed by atoms with Crippen LogP contribution in [0.15, 0.2) is 461 Å². The summed E-state index contributed by atoms with van der Waals surface area (Å²) in [6, 6.07) is 172. The first-order valence-corrected chi connectivity index (χ1v) is 40.8. The van der Waals surface area contributed by atoms with E-state index < -0.39 is 0 Å². The van der Waals surface area contributed by atoms with Crippen molar-refractivity contribution in [3.05, 3.63) is 461 Å². The molecule has 2 aliphatic rings. The van der Waals surface area contributed by atoms with E-state index in [0.29, 0.717) is 0 Å². The zero-order valence-corrected chi connectivity index (χ0v) is 64.8. The smallest absolute Gasteiger partial charge is 0.252 e. The van der Waals surface area contributed by atoms with Crippen LogP contribution in [0.2, 0.25) is 0 Å². The van der Waals surface area contributed by atoms with E-state index in [-0.39, 0.29) is 6.71 Å². The van der Waals surface area contributed by atoms with E-state index in [1.54, 1.807) is 0 Å². The van der Waals surface area contributed by atoms with Gasteiger partial charge < -0.3 is 14.4 Å². The van der Waals surface area contributed by atoms with Gasteiger partial charge >= 0.3 is 0 Å². The van der Waals surface area contributed by atoms with Crippen LogP contribution in [0.25, 0.3) is 161 Å². The van der Waals surface area contributed by atoms with E-state index in [1.807, 2.05) is 0 Å². The summed E-state index contributed by atoms with van der Waals surface area (Å²) in [5, 5.41) is 2.38. The fourth-order valence-electron chi connectivity index (χ4n) is 18.7. The van der Waals surface area contributed by atoms with E-state index in [0.717, 1.165) is 184 Å². The van der Waals surface area contributed by atoms with Crippen LogP contribution in [0.3, 0.4) is 0 Å². The Kier molecular flexibility index (Phi) is 17.4. The maximum Gasteiger partial charge on any atom is 0.252 e. The van der Waals surface area contributed by atoms with Crippen molar-refractivity contribution in [3.8, 4) is 139 Å². The molecular formula is C114H76BN3. The van der Waals surface area contributed by atoms with Gasteiger partial charge in [-0.15, -0.1) is 0 Å². The molecule has 3 nitrogen and oxygen atoms in total. The van der Waals surface area contributed by atoms with E-state index in [4.69, 9.17) is 0 Å². The van der Waals surface area contributed by atoms with Gasteiger partial charge in [-0.25, -0.2) is 0 Å². The predicted molar refractivity (Wildman–Crippen MR) is 500 cm³/mol. The molecule has 550 valence electrons. The molecule has 0 spiro atoms. The number of benzene rings is 19. The largest absolute Gasteiger partial charge is 0.311 e. The van der Waals surface area contributed by atoms with Crippen LogP contribution >= 0.6 is 0 Å². The van der Waals surface area contributed by atoms with Crippen molar-refractivity contribution in [2.45, 2.75) is 0 Å². The summed E-state index contributed by atoms with van der Waals surface area (Å²) >= 11 is 0. The molecule has 2 aliphatic heterocycles. The number of para-hydroxylation sites is 2. The average molecular weight is 1500 g/mol. The molecule has 0 amide bonds. The Labute approximate surface area is 689 Å². The van der Waals surface area contributed by atoms with Gasteiger partial charge in [0, 0.05) is 50.3 Å². The van der Waals surface area contributed by atoms with Gasteiger partial charge in [-0.05, 0) is 236 Å². The minimum Gasteiger partial charge on any atom is -0.311 e. The maximum absolute atomic E-state index is 2.70. The third kappa shape index (κ3) is 12.3. The third-order valence-electron chi connectivity index (χ3n) is 24.1. The Morgan fingerprint density at radius 2 is 0.449 bits per heavy atom. The highest BCUT2D eigenvalue weighted by Gasteiger charge is 2.46. The predicted octanol–water partition coefficient (Wildman–Crippen LogP) is 28.9. The Morgan fingerprint density at radius 3 is 0.814 bits per heavy atom. The minimum atomic E-state index is -0.308. The average Bonchev–Trinajstić information content (AvgIpc) is 0.843. The van der Waals surface area contributed by atoms with Gasteiger partial charge in [0.15, 0.2) is 0 Å². The van der Waals surface area contributed by atoms with E-state index in [1.165, 1.54) is 27.2 Å². The molecular weight excluding hydrogens is 1420 g/mol. The Balaban J connectivity index is 0.897.